The van der Waals surface area contributed by atoms with Gasteiger partial charge in [0.25, 0.3) is 0 Å². The van der Waals surface area contributed by atoms with E-state index in [1.54, 1.807) is 6.26 Å². The first-order valence-corrected chi connectivity index (χ1v) is 4.89. The Morgan fingerprint density at radius 3 is 2.54 bits per heavy atom. The third-order valence-electron chi connectivity index (χ3n) is 1.93. The first kappa shape index (κ1) is 8.57. The summed E-state index contributed by atoms with van der Waals surface area (Å²) in [6.07, 6.45) is 5.70. The molecule has 0 aliphatic carbocycles. The highest BCUT2D eigenvalue weighted by atomic mass is 79.9. The van der Waals surface area contributed by atoms with Crippen molar-refractivity contribution < 1.29 is 4.74 Å². The molecule has 66 valence electrons. The van der Waals surface area contributed by atoms with Crippen molar-refractivity contribution in [3.05, 3.63) is 52.7 Å². The summed E-state index contributed by atoms with van der Waals surface area (Å²) in [5, 5.41) is 0. The molecule has 13 heavy (non-hydrogen) atoms. The van der Waals surface area contributed by atoms with Gasteiger partial charge in [0.15, 0.2) is 0 Å². The molecule has 0 aromatic heterocycles. The summed E-state index contributed by atoms with van der Waals surface area (Å²) >= 11 is 3.40. The van der Waals surface area contributed by atoms with Crippen LogP contribution in [-0.4, -0.2) is 6.61 Å². The molecular formula is C11H9BrO. The summed E-state index contributed by atoms with van der Waals surface area (Å²) in [6, 6.07) is 8.24. The Hall–Kier alpha value is -1.02. The SMILES string of the molecule is Brc1ccc(C2=CC=COC2)cc1. The van der Waals surface area contributed by atoms with Gasteiger partial charge in [-0.15, -0.1) is 0 Å². The fraction of sp³-hybridized carbons (Fsp3) is 0.0909. The van der Waals surface area contributed by atoms with Gasteiger partial charge in [-0.25, -0.2) is 0 Å². The summed E-state index contributed by atoms with van der Waals surface area (Å²) in [5.41, 5.74) is 2.43. The molecule has 0 fully saturated rings. The van der Waals surface area contributed by atoms with E-state index in [2.05, 4.69) is 34.1 Å². The molecule has 0 atom stereocenters. The lowest BCUT2D eigenvalue weighted by atomic mass is 10.1. The molecule has 0 bridgehead atoms. The molecule has 0 N–H and O–H groups in total. The van der Waals surface area contributed by atoms with Crippen LogP contribution < -0.4 is 0 Å². The Kier molecular flexibility index (Phi) is 2.50. The van der Waals surface area contributed by atoms with Crippen LogP contribution in [0.2, 0.25) is 0 Å². The number of hydrogen-bond acceptors (Lipinski definition) is 1. The largest absolute Gasteiger partial charge is 0.496 e. The maximum absolute atomic E-state index is 5.21. The Morgan fingerprint density at radius 1 is 1.15 bits per heavy atom. The summed E-state index contributed by atoms with van der Waals surface area (Å²) in [6.45, 7) is 0.665. The molecule has 2 rings (SSSR count). The summed E-state index contributed by atoms with van der Waals surface area (Å²) in [4.78, 5) is 0. The summed E-state index contributed by atoms with van der Waals surface area (Å²) in [5.74, 6) is 0. The van der Waals surface area contributed by atoms with Crippen LogP contribution in [0.1, 0.15) is 5.56 Å². The van der Waals surface area contributed by atoms with Crippen LogP contribution >= 0.6 is 15.9 Å². The zero-order valence-electron chi connectivity index (χ0n) is 7.03. The van der Waals surface area contributed by atoms with Crippen LogP contribution in [0, 0.1) is 0 Å². The minimum atomic E-state index is 0.665. The maximum atomic E-state index is 5.21. The van der Waals surface area contributed by atoms with Crippen molar-refractivity contribution in [1.82, 2.24) is 0 Å². The second-order valence-electron chi connectivity index (χ2n) is 2.84. The average Bonchev–Trinajstić information content (AvgIpc) is 2.20. The number of benzene rings is 1. The molecule has 2 heteroatoms. The van der Waals surface area contributed by atoms with E-state index in [9.17, 15) is 0 Å². The molecule has 1 aromatic rings. The van der Waals surface area contributed by atoms with Gasteiger partial charge in [-0.3, -0.25) is 0 Å². The smallest absolute Gasteiger partial charge is 0.113 e. The van der Waals surface area contributed by atoms with Crippen LogP contribution in [0.25, 0.3) is 5.57 Å². The highest BCUT2D eigenvalue weighted by Crippen LogP contribution is 2.19. The predicted octanol–water partition coefficient (Wildman–Crippen LogP) is 3.38. The molecule has 0 radical (unpaired) electrons. The van der Waals surface area contributed by atoms with Crippen molar-refractivity contribution in [2.24, 2.45) is 0 Å². The van der Waals surface area contributed by atoms with Gasteiger partial charge in [0.1, 0.15) is 6.61 Å². The summed E-state index contributed by atoms with van der Waals surface area (Å²) in [7, 11) is 0. The van der Waals surface area contributed by atoms with E-state index in [-0.39, 0.29) is 0 Å². The van der Waals surface area contributed by atoms with Gasteiger partial charge in [-0.2, -0.15) is 0 Å². The van der Waals surface area contributed by atoms with Gasteiger partial charge in [-0.05, 0) is 29.3 Å². The Labute approximate surface area is 85.9 Å². The second-order valence-corrected chi connectivity index (χ2v) is 3.75. The monoisotopic (exact) mass is 236 g/mol. The van der Waals surface area contributed by atoms with E-state index in [1.165, 1.54) is 11.1 Å². The summed E-state index contributed by atoms with van der Waals surface area (Å²) < 4.78 is 6.31. The number of rotatable bonds is 1. The van der Waals surface area contributed by atoms with Crippen LogP contribution in [0.15, 0.2) is 47.2 Å². The second kappa shape index (κ2) is 3.79. The first-order valence-electron chi connectivity index (χ1n) is 4.09. The highest BCUT2D eigenvalue weighted by Gasteiger charge is 2.02. The van der Waals surface area contributed by atoms with Crippen molar-refractivity contribution in [1.29, 1.82) is 0 Å². The maximum Gasteiger partial charge on any atom is 0.113 e. The molecule has 1 aliphatic heterocycles. The lowest BCUT2D eigenvalue weighted by Gasteiger charge is -2.10. The van der Waals surface area contributed by atoms with Gasteiger partial charge in [0.2, 0.25) is 0 Å². The lowest BCUT2D eigenvalue weighted by Crippen LogP contribution is -1.96. The molecule has 0 saturated heterocycles. The Balaban J connectivity index is 2.30. The first-order chi connectivity index (χ1) is 6.36. The van der Waals surface area contributed by atoms with Crippen molar-refractivity contribution >= 4 is 21.5 Å². The molecule has 0 amide bonds. The molecule has 0 saturated carbocycles. The fourth-order valence-corrected chi connectivity index (χ4v) is 1.50. The van der Waals surface area contributed by atoms with E-state index < -0.39 is 0 Å². The number of hydrogen-bond donors (Lipinski definition) is 0. The van der Waals surface area contributed by atoms with E-state index in [0.717, 1.165) is 4.47 Å². The molecule has 1 nitrogen and oxygen atoms in total. The van der Waals surface area contributed by atoms with Crippen LogP contribution in [0.4, 0.5) is 0 Å². The minimum Gasteiger partial charge on any atom is -0.496 e. The molecule has 1 aromatic carbocycles. The molecule has 0 spiro atoms. The van der Waals surface area contributed by atoms with Gasteiger partial charge >= 0.3 is 0 Å². The highest BCUT2D eigenvalue weighted by molar-refractivity contribution is 9.10. The standard InChI is InChI=1S/C11H9BrO/c12-11-5-3-9(4-6-11)10-2-1-7-13-8-10/h1-7H,8H2. The van der Waals surface area contributed by atoms with Crippen LogP contribution in [0.3, 0.4) is 0 Å². The Bertz CT molecular complexity index is 349. The zero-order valence-corrected chi connectivity index (χ0v) is 8.62. The third kappa shape index (κ3) is 2.01. The lowest BCUT2D eigenvalue weighted by molar-refractivity contribution is 0.293. The topological polar surface area (TPSA) is 9.23 Å². The quantitative estimate of drug-likeness (QED) is 0.727. The van der Waals surface area contributed by atoms with Gasteiger partial charge < -0.3 is 4.74 Å². The zero-order chi connectivity index (χ0) is 9.10. The van der Waals surface area contributed by atoms with E-state index in [1.807, 2.05) is 18.2 Å². The number of allylic oxidation sites excluding steroid dienone is 2. The van der Waals surface area contributed by atoms with E-state index >= 15 is 0 Å². The van der Waals surface area contributed by atoms with Gasteiger partial charge in [0.05, 0.1) is 6.26 Å². The van der Waals surface area contributed by atoms with E-state index in [0.29, 0.717) is 6.61 Å². The molecular weight excluding hydrogens is 228 g/mol. The normalized spacial score (nSPS) is 15.0. The number of ether oxygens (including phenoxy) is 1. The predicted molar refractivity (Wildman–Crippen MR) is 57.2 cm³/mol. The average molecular weight is 237 g/mol. The van der Waals surface area contributed by atoms with Gasteiger partial charge in [0, 0.05) is 4.47 Å². The molecule has 1 heterocycles. The van der Waals surface area contributed by atoms with Gasteiger partial charge in [-0.1, -0.05) is 34.1 Å². The Morgan fingerprint density at radius 2 is 1.92 bits per heavy atom. The van der Waals surface area contributed by atoms with Crippen molar-refractivity contribution in [2.75, 3.05) is 6.61 Å². The fourth-order valence-electron chi connectivity index (χ4n) is 1.24. The third-order valence-corrected chi connectivity index (χ3v) is 2.45. The molecule has 0 unspecified atom stereocenters. The van der Waals surface area contributed by atoms with E-state index in [4.69, 9.17) is 4.74 Å². The van der Waals surface area contributed by atoms with Crippen molar-refractivity contribution in [2.45, 2.75) is 0 Å². The van der Waals surface area contributed by atoms with Crippen LogP contribution in [0.5, 0.6) is 0 Å². The minimum absolute atomic E-state index is 0.665. The molecule has 1 aliphatic rings. The number of halogens is 1. The van der Waals surface area contributed by atoms with Crippen LogP contribution in [-0.2, 0) is 4.74 Å². The van der Waals surface area contributed by atoms with Crippen molar-refractivity contribution in [3.63, 3.8) is 0 Å². The van der Waals surface area contributed by atoms with Crippen molar-refractivity contribution in [3.8, 4) is 0 Å².